The molecule has 1 aliphatic rings. The highest BCUT2D eigenvalue weighted by Gasteiger charge is 2.21. The van der Waals surface area contributed by atoms with E-state index in [1.165, 1.54) is 23.0 Å². The van der Waals surface area contributed by atoms with Crippen molar-refractivity contribution in [3.63, 3.8) is 0 Å². The van der Waals surface area contributed by atoms with E-state index in [1.807, 2.05) is 0 Å². The van der Waals surface area contributed by atoms with Crippen molar-refractivity contribution in [2.24, 2.45) is 0 Å². The number of hydrogen-bond donors (Lipinski definition) is 1. The van der Waals surface area contributed by atoms with E-state index in [4.69, 9.17) is 5.10 Å². The quantitative estimate of drug-likeness (QED) is 0.939. The second-order valence-electron chi connectivity index (χ2n) is 5.34. The van der Waals surface area contributed by atoms with Crippen LogP contribution in [0.15, 0.2) is 24.3 Å². The van der Waals surface area contributed by atoms with Crippen LogP contribution >= 0.6 is 12.4 Å². The first kappa shape index (κ1) is 15.3. The molecule has 3 rings (SSSR count). The van der Waals surface area contributed by atoms with E-state index < -0.39 is 0 Å². The van der Waals surface area contributed by atoms with Gasteiger partial charge in [-0.3, -0.25) is 9.58 Å². The maximum atomic E-state index is 4.77. The third-order valence-corrected chi connectivity index (χ3v) is 4.09. The SMILES string of the molecule is CCn1nc(CN(C)C2CCNC2)c2ccccc21.Cl. The number of hydrogen-bond acceptors (Lipinski definition) is 3. The van der Waals surface area contributed by atoms with Gasteiger partial charge in [0.05, 0.1) is 11.2 Å². The summed E-state index contributed by atoms with van der Waals surface area (Å²) in [5.41, 5.74) is 2.45. The van der Waals surface area contributed by atoms with E-state index in [9.17, 15) is 0 Å². The molecule has 0 aliphatic carbocycles. The summed E-state index contributed by atoms with van der Waals surface area (Å²) in [5.74, 6) is 0. The lowest BCUT2D eigenvalue weighted by Gasteiger charge is -2.22. The Bertz CT molecular complexity index is 560. The molecule has 1 N–H and O–H groups in total. The van der Waals surface area contributed by atoms with Gasteiger partial charge in [0, 0.05) is 31.1 Å². The van der Waals surface area contributed by atoms with Crippen LogP contribution in [0.1, 0.15) is 19.0 Å². The van der Waals surface area contributed by atoms with Gasteiger partial charge >= 0.3 is 0 Å². The minimum atomic E-state index is 0. The zero-order chi connectivity index (χ0) is 13.2. The second kappa shape index (κ2) is 6.57. The van der Waals surface area contributed by atoms with Crippen molar-refractivity contribution in [1.29, 1.82) is 0 Å². The average molecular weight is 295 g/mol. The fourth-order valence-corrected chi connectivity index (χ4v) is 2.94. The molecule has 5 heteroatoms. The molecule has 0 amide bonds. The predicted molar refractivity (Wildman–Crippen MR) is 85.4 cm³/mol. The number of nitrogens with zero attached hydrogens (tertiary/aromatic N) is 3. The van der Waals surface area contributed by atoms with Crippen molar-refractivity contribution >= 4 is 23.3 Å². The first-order valence-corrected chi connectivity index (χ1v) is 7.15. The maximum absolute atomic E-state index is 4.77. The molecule has 1 fully saturated rings. The number of halogens is 1. The molecule has 1 aromatic heterocycles. The van der Waals surface area contributed by atoms with Gasteiger partial charge in [-0.2, -0.15) is 5.10 Å². The summed E-state index contributed by atoms with van der Waals surface area (Å²) >= 11 is 0. The third-order valence-electron chi connectivity index (χ3n) is 4.09. The number of para-hydroxylation sites is 1. The van der Waals surface area contributed by atoms with E-state index in [-0.39, 0.29) is 12.4 Å². The van der Waals surface area contributed by atoms with Crippen LogP contribution in [0, 0.1) is 0 Å². The number of nitrogens with one attached hydrogen (secondary N) is 1. The summed E-state index contributed by atoms with van der Waals surface area (Å²) in [7, 11) is 2.21. The highest BCUT2D eigenvalue weighted by atomic mass is 35.5. The number of rotatable bonds is 4. The van der Waals surface area contributed by atoms with Gasteiger partial charge in [-0.15, -0.1) is 12.4 Å². The first-order valence-electron chi connectivity index (χ1n) is 7.15. The van der Waals surface area contributed by atoms with Gasteiger partial charge in [-0.25, -0.2) is 0 Å². The molecule has 0 bridgehead atoms. The molecule has 2 aromatic rings. The lowest BCUT2D eigenvalue weighted by molar-refractivity contribution is 0.246. The Morgan fingerprint density at radius 1 is 1.40 bits per heavy atom. The van der Waals surface area contributed by atoms with Crippen molar-refractivity contribution in [2.45, 2.75) is 32.5 Å². The van der Waals surface area contributed by atoms with Gasteiger partial charge in [0.15, 0.2) is 0 Å². The first-order chi connectivity index (χ1) is 9.29. The van der Waals surface area contributed by atoms with E-state index in [0.29, 0.717) is 6.04 Å². The monoisotopic (exact) mass is 294 g/mol. The Morgan fingerprint density at radius 3 is 2.90 bits per heavy atom. The molecule has 1 saturated heterocycles. The van der Waals surface area contributed by atoms with Crippen LogP contribution < -0.4 is 5.32 Å². The number of benzene rings is 1. The molecule has 4 nitrogen and oxygen atoms in total. The highest BCUT2D eigenvalue weighted by Crippen LogP contribution is 2.20. The second-order valence-corrected chi connectivity index (χ2v) is 5.34. The van der Waals surface area contributed by atoms with Gasteiger partial charge in [0.25, 0.3) is 0 Å². The molecule has 20 heavy (non-hydrogen) atoms. The molecule has 110 valence electrons. The van der Waals surface area contributed by atoms with Gasteiger partial charge < -0.3 is 5.32 Å². The predicted octanol–water partition coefficient (Wildman–Crippen LogP) is 2.27. The van der Waals surface area contributed by atoms with Crippen LogP contribution in [0.3, 0.4) is 0 Å². The van der Waals surface area contributed by atoms with E-state index in [1.54, 1.807) is 0 Å². The fourth-order valence-electron chi connectivity index (χ4n) is 2.94. The lowest BCUT2D eigenvalue weighted by atomic mass is 10.1. The Labute approximate surface area is 126 Å². The zero-order valence-corrected chi connectivity index (χ0v) is 13.0. The van der Waals surface area contributed by atoms with Crippen molar-refractivity contribution in [2.75, 3.05) is 20.1 Å². The Balaban J connectivity index is 0.00000147. The maximum Gasteiger partial charge on any atom is 0.0843 e. The summed E-state index contributed by atoms with van der Waals surface area (Å²) in [6.45, 7) is 6.24. The van der Waals surface area contributed by atoms with Crippen LogP contribution in [-0.2, 0) is 13.1 Å². The minimum Gasteiger partial charge on any atom is -0.315 e. The molecule has 1 aliphatic heterocycles. The standard InChI is InChI=1S/C15H22N4.ClH/c1-3-19-15-7-5-4-6-13(15)14(17-19)11-18(2)12-8-9-16-10-12;/h4-7,12,16H,3,8-11H2,1-2H3;1H. The van der Waals surface area contributed by atoms with Crippen molar-refractivity contribution in [3.05, 3.63) is 30.0 Å². The number of likely N-dealkylation sites (N-methyl/N-ethyl adjacent to an activating group) is 1. The van der Waals surface area contributed by atoms with E-state index in [2.05, 4.69) is 53.1 Å². The molecule has 0 radical (unpaired) electrons. The van der Waals surface area contributed by atoms with E-state index in [0.717, 1.165) is 26.2 Å². The third kappa shape index (κ3) is 2.82. The highest BCUT2D eigenvalue weighted by molar-refractivity contribution is 5.85. The molecule has 2 heterocycles. The molecular formula is C15H23ClN4. The molecule has 1 atom stereocenters. The molecule has 0 spiro atoms. The van der Waals surface area contributed by atoms with Crippen molar-refractivity contribution in [1.82, 2.24) is 20.0 Å². The van der Waals surface area contributed by atoms with E-state index >= 15 is 0 Å². The van der Waals surface area contributed by atoms with Crippen LogP contribution in [0.25, 0.3) is 10.9 Å². The summed E-state index contributed by atoms with van der Waals surface area (Å²) in [6, 6.07) is 9.18. The van der Waals surface area contributed by atoms with Gasteiger partial charge in [-0.1, -0.05) is 18.2 Å². The van der Waals surface area contributed by atoms with Crippen molar-refractivity contribution < 1.29 is 0 Å². The van der Waals surface area contributed by atoms with Crippen LogP contribution in [0.5, 0.6) is 0 Å². The molecular weight excluding hydrogens is 272 g/mol. The van der Waals surface area contributed by atoms with Crippen LogP contribution in [-0.4, -0.2) is 40.9 Å². The van der Waals surface area contributed by atoms with Gasteiger partial charge in [0.1, 0.15) is 0 Å². The average Bonchev–Trinajstić information content (AvgIpc) is 3.07. The summed E-state index contributed by atoms with van der Waals surface area (Å²) in [4.78, 5) is 2.43. The summed E-state index contributed by atoms with van der Waals surface area (Å²) in [5, 5.41) is 9.49. The number of aryl methyl sites for hydroxylation is 1. The van der Waals surface area contributed by atoms with Gasteiger partial charge in [-0.05, 0) is 33.0 Å². The molecule has 1 aromatic carbocycles. The molecule has 1 unspecified atom stereocenters. The Kier molecular flexibility index (Phi) is 5.02. The largest absolute Gasteiger partial charge is 0.315 e. The number of aromatic nitrogens is 2. The number of fused-ring (bicyclic) bond motifs is 1. The topological polar surface area (TPSA) is 33.1 Å². The van der Waals surface area contributed by atoms with Crippen LogP contribution in [0.4, 0.5) is 0 Å². The van der Waals surface area contributed by atoms with Crippen molar-refractivity contribution in [3.8, 4) is 0 Å². The zero-order valence-electron chi connectivity index (χ0n) is 12.2. The Hall–Kier alpha value is -1.10. The lowest BCUT2D eigenvalue weighted by Crippen LogP contribution is -2.33. The minimum absolute atomic E-state index is 0. The summed E-state index contributed by atoms with van der Waals surface area (Å²) < 4.78 is 2.10. The van der Waals surface area contributed by atoms with Gasteiger partial charge in [0.2, 0.25) is 0 Å². The smallest absolute Gasteiger partial charge is 0.0843 e. The fraction of sp³-hybridized carbons (Fsp3) is 0.533. The van der Waals surface area contributed by atoms with Crippen LogP contribution in [0.2, 0.25) is 0 Å². The normalized spacial score (nSPS) is 18.6. The molecule has 0 saturated carbocycles. The summed E-state index contributed by atoms with van der Waals surface area (Å²) in [6.07, 6.45) is 1.24. The Morgan fingerprint density at radius 2 is 2.20 bits per heavy atom.